The first-order valence-electron chi connectivity index (χ1n) is 34.8. The van der Waals surface area contributed by atoms with Gasteiger partial charge < -0.3 is 44.1 Å². The molecule has 0 aliphatic carbocycles. The van der Waals surface area contributed by atoms with Gasteiger partial charge in [-0.1, -0.05) is 127 Å². The summed E-state index contributed by atoms with van der Waals surface area (Å²) in [5.41, 5.74) is 16.8. The van der Waals surface area contributed by atoms with Crippen LogP contribution in [0, 0.1) is 6.92 Å². The fourth-order valence-electron chi connectivity index (χ4n) is 16.6. The molecule has 0 spiro atoms. The van der Waals surface area contributed by atoms with Gasteiger partial charge in [0.1, 0.15) is 30.8 Å². The first-order chi connectivity index (χ1) is 50.3. The summed E-state index contributed by atoms with van der Waals surface area (Å²) < 4.78 is 0. The van der Waals surface area contributed by atoms with Crippen LogP contribution in [0.1, 0.15) is 47.2 Å². The lowest BCUT2D eigenvalue weighted by Gasteiger charge is -2.29. The van der Waals surface area contributed by atoms with Gasteiger partial charge in [0.2, 0.25) is 0 Å². The first kappa shape index (κ1) is 60.8. The average molecular weight is 1360 g/mol. The van der Waals surface area contributed by atoms with Crippen molar-refractivity contribution in [1.29, 1.82) is 0 Å². The van der Waals surface area contributed by atoms with Crippen LogP contribution >= 0.6 is 11.3 Å². The molecule has 0 saturated heterocycles. The van der Waals surface area contributed by atoms with Crippen molar-refractivity contribution in [3.63, 3.8) is 0 Å². The first-order valence-corrected chi connectivity index (χ1v) is 35.7. The Bertz CT molecular complexity index is 5300. The Balaban J connectivity index is 0.0000000885. The standard InChI is InChI=1S/C19H16N4.C18H14N4.C16H12N4S.C15H16N4.C13H12N4/c1-13-6-2-4-8-15(13)22-17-12-14-7-3-5-9-16(14)23(17)19-18(22)20-10-11-21-19;1-2-7-14(8-3-1)21-16-12-13-6-4-5-9-15(13)22(16)18-17(21)19-10-11-20-18;1-2-5-12-11(4-1)10-13-19(12)15-16(18-8-7-17-15)20(13)14-6-3-9-21-14;1-10(2)18-13-9-11-5-3-4-6-12(11)19(13)15-14(18)16-7-8-17-15;1-16-11-8-9-4-2-3-5-10(9)17(11)13-12(16)14-6-7-15-13/h2-11,17H,12H2,1H3;1-11,16H,12H2;1-9,13H,10H2;3-8,10,13H,9H2,1-2H3;2-7,11H,8H2,1H3. The Morgan fingerprint density at radius 1 is 0.294 bits per heavy atom. The summed E-state index contributed by atoms with van der Waals surface area (Å²) in [5, 5.41) is 3.33. The maximum atomic E-state index is 4.64. The van der Waals surface area contributed by atoms with E-state index in [9.17, 15) is 0 Å². The molecule has 102 heavy (non-hydrogen) atoms. The molecular formula is C81H70N20S. The van der Waals surface area contributed by atoms with E-state index in [0.29, 0.717) is 18.4 Å². The van der Waals surface area contributed by atoms with E-state index in [4.69, 9.17) is 0 Å². The number of likely N-dealkylation sites (N-methyl/N-ethyl adjacent to an activating group) is 1. The minimum Gasteiger partial charge on any atom is -0.335 e. The molecule has 0 bridgehead atoms. The molecule has 23 rings (SSSR count). The van der Waals surface area contributed by atoms with Crippen LogP contribution in [0.5, 0.6) is 0 Å². The summed E-state index contributed by atoms with van der Waals surface area (Å²) in [4.78, 5) is 68.7. The van der Waals surface area contributed by atoms with Crippen LogP contribution in [0.25, 0.3) is 0 Å². The predicted molar refractivity (Wildman–Crippen MR) is 405 cm³/mol. The molecule has 0 amide bonds. The van der Waals surface area contributed by atoms with Crippen LogP contribution in [0.2, 0.25) is 0 Å². The van der Waals surface area contributed by atoms with Gasteiger partial charge in [0, 0.05) is 147 Å². The number of hydrogen-bond acceptors (Lipinski definition) is 21. The van der Waals surface area contributed by atoms with E-state index in [2.05, 4.69) is 314 Å². The molecule has 5 atom stereocenters. The number of aromatic nitrogens is 10. The lowest BCUT2D eigenvalue weighted by atomic mass is 10.1. The van der Waals surface area contributed by atoms with E-state index in [0.717, 1.165) is 96.0 Å². The fraction of sp³-hybridized carbons (Fsp3) is 0.185. The summed E-state index contributed by atoms with van der Waals surface area (Å²) in [6, 6.07) is 66.4. The number of thiophene rings is 1. The molecule has 5 unspecified atom stereocenters. The second-order valence-electron chi connectivity index (χ2n) is 26.7. The van der Waals surface area contributed by atoms with Crippen LogP contribution in [-0.2, 0) is 32.1 Å². The maximum absolute atomic E-state index is 4.64. The normalized spacial score (nSPS) is 18.8. The van der Waals surface area contributed by atoms with Crippen LogP contribution in [0.4, 0.5) is 103 Å². The van der Waals surface area contributed by atoms with Crippen molar-refractivity contribution >= 4 is 114 Å². The molecule has 10 aliphatic rings. The van der Waals surface area contributed by atoms with Crippen molar-refractivity contribution in [3.05, 3.63) is 289 Å². The number of anilines is 18. The number of para-hydroxylation sites is 7. The zero-order valence-corrected chi connectivity index (χ0v) is 57.4. The Morgan fingerprint density at radius 2 is 0.598 bits per heavy atom. The number of nitrogens with zero attached hydrogens (tertiary/aromatic N) is 20. The highest BCUT2D eigenvalue weighted by Gasteiger charge is 2.49. The number of benzene rings is 7. The van der Waals surface area contributed by atoms with Gasteiger partial charge in [0.25, 0.3) is 0 Å². The Kier molecular flexibility index (Phi) is 14.8. The third kappa shape index (κ3) is 9.76. The third-order valence-electron chi connectivity index (χ3n) is 20.8. The van der Waals surface area contributed by atoms with Gasteiger partial charge in [-0.25, -0.2) is 49.8 Å². The van der Waals surface area contributed by atoms with E-state index >= 15 is 0 Å². The maximum Gasteiger partial charge on any atom is 0.179 e. The number of rotatable bonds is 4. The van der Waals surface area contributed by atoms with Crippen LogP contribution < -0.4 is 49.0 Å². The molecule has 13 aromatic rings. The third-order valence-corrected chi connectivity index (χ3v) is 21.7. The lowest BCUT2D eigenvalue weighted by Crippen LogP contribution is -2.43. The summed E-state index contributed by atoms with van der Waals surface area (Å²) in [6.45, 7) is 6.58. The van der Waals surface area contributed by atoms with Crippen molar-refractivity contribution < 1.29 is 0 Å². The Hall–Kier alpha value is -12.4. The molecular weight excluding hydrogens is 1290 g/mol. The molecule has 7 aromatic carbocycles. The monoisotopic (exact) mass is 1350 g/mol. The highest BCUT2D eigenvalue weighted by atomic mass is 32.1. The summed E-state index contributed by atoms with van der Waals surface area (Å²) in [5.74, 6) is 9.65. The Morgan fingerprint density at radius 3 is 1.03 bits per heavy atom. The van der Waals surface area contributed by atoms with Crippen molar-refractivity contribution in [2.45, 2.75) is 89.7 Å². The van der Waals surface area contributed by atoms with E-state index in [1.54, 1.807) is 73.3 Å². The smallest absolute Gasteiger partial charge is 0.179 e. The second kappa shape index (κ2) is 24.8. The van der Waals surface area contributed by atoms with Crippen molar-refractivity contribution in [2.75, 3.05) is 56.0 Å². The van der Waals surface area contributed by atoms with Crippen molar-refractivity contribution in [1.82, 2.24) is 49.8 Å². The molecule has 21 heteroatoms. The summed E-state index contributed by atoms with van der Waals surface area (Å²) in [7, 11) is 2.09. The zero-order valence-electron chi connectivity index (χ0n) is 56.6. The quantitative estimate of drug-likeness (QED) is 0.163. The van der Waals surface area contributed by atoms with Gasteiger partial charge >= 0.3 is 0 Å². The molecule has 0 N–H and O–H groups in total. The molecule has 500 valence electrons. The molecule has 20 nitrogen and oxygen atoms in total. The molecule has 0 saturated carbocycles. The van der Waals surface area contributed by atoms with E-state index in [1.807, 2.05) is 6.07 Å². The largest absolute Gasteiger partial charge is 0.335 e. The van der Waals surface area contributed by atoms with Crippen molar-refractivity contribution in [2.24, 2.45) is 0 Å². The van der Waals surface area contributed by atoms with Gasteiger partial charge in [-0.15, -0.1) is 11.3 Å². The topological polar surface area (TPSA) is 161 Å². The Labute approximate surface area is 595 Å². The minimum absolute atomic E-state index is 0.214. The summed E-state index contributed by atoms with van der Waals surface area (Å²) >= 11 is 1.74. The van der Waals surface area contributed by atoms with Gasteiger partial charge in [0.15, 0.2) is 58.2 Å². The van der Waals surface area contributed by atoms with Gasteiger partial charge in [-0.3, -0.25) is 4.90 Å². The molecule has 0 fully saturated rings. The van der Waals surface area contributed by atoms with Gasteiger partial charge in [-0.05, 0) is 120 Å². The summed E-state index contributed by atoms with van der Waals surface area (Å²) in [6.07, 6.45) is 24.1. The number of hydrogen-bond donors (Lipinski definition) is 0. The highest BCUT2D eigenvalue weighted by molar-refractivity contribution is 7.14. The van der Waals surface area contributed by atoms with E-state index in [-0.39, 0.29) is 18.5 Å². The van der Waals surface area contributed by atoms with Crippen LogP contribution in [-0.4, -0.2) is 93.8 Å². The SMILES string of the molecule is CC(C)N1c2nccnc2N2c3ccccc3CC21.CN1c2nccnc2N2c3ccccc3CC12.Cc1ccccc1N1c2nccnc2N2c3ccccc3CC12.c1ccc(N2c3nccnc3N3c4ccccc4CC23)cc1.c1csc(N2c3nccnc3N3c4ccccc4CC23)c1. The minimum atomic E-state index is 0.214. The van der Waals surface area contributed by atoms with E-state index in [1.165, 1.54) is 72.5 Å². The number of aryl methyl sites for hydroxylation is 1. The number of fused-ring (bicyclic) bond motifs is 25. The van der Waals surface area contributed by atoms with Gasteiger partial charge in [0.05, 0.1) is 5.00 Å². The lowest BCUT2D eigenvalue weighted by molar-refractivity contribution is 0.584. The fourth-order valence-corrected chi connectivity index (χ4v) is 17.4. The zero-order chi connectivity index (χ0) is 68.1. The molecule has 0 radical (unpaired) electrons. The van der Waals surface area contributed by atoms with Crippen molar-refractivity contribution in [3.8, 4) is 0 Å². The van der Waals surface area contributed by atoms with E-state index < -0.39 is 0 Å². The molecule has 6 aromatic heterocycles. The van der Waals surface area contributed by atoms with Gasteiger partial charge in [-0.2, -0.15) is 0 Å². The molecule has 16 heterocycles. The highest BCUT2D eigenvalue weighted by Crippen LogP contribution is 2.55. The van der Waals surface area contributed by atoms with Crippen LogP contribution in [0.3, 0.4) is 0 Å². The average Bonchev–Trinajstić information content (AvgIpc) is 1.59. The second-order valence-corrected chi connectivity index (χ2v) is 27.7. The predicted octanol–water partition coefficient (Wildman–Crippen LogP) is 16.0. The molecule has 10 aliphatic heterocycles. The van der Waals surface area contributed by atoms with Crippen LogP contribution in [0.15, 0.2) is 255 Å².